The highest BCUT2D eigenvalue weighted by Gasteiger charge is 2.16. The molecule has 4 rings (SSSR count). The molecule has 0 amide bonds. The van der Waals surface area contributed by atoms with Crippen molar-refractivity contribution >= 4 is 10.9 Å². The average Bonchev–Trinajstić information content (AvgIpc) is 3.01. The third kappa shape index (κ3) is 3.98. The highest BCUT2D eigenvalue weighted by Crippen LogP contribution is 2.34. The summed E-state index contributed by atoms with van der Waals surface area (Å²) < 4.78 is 2.07. The molecule has 0 aliphatic carbocycles. The summed E-state index contributed by atoms with van der Waals surface area (Å²) in [6.45, 7) is 6.57. The van der Waals surface area contributed by atoms with Gasteiger partial charge in [-0.1, -0.05) is 66.2 Å². The number of nitrogens with zero attached hydrogens (tertiary/aromatic N) is 2. The summed E-state index contributed by atoms with van der Waals surface area (Å²) in [6, 6.07) is 21.8. The number of unbranched alkanes of at least 4 members (excludes halogenated alkanes) is 1. The molecule has 2 nitrogen and oxygen atoms in total. The Bertz CT molecular complexity index is 1110. The second kappa shape index (κ2) is 8.24. The predicted molar refractivity (Wildman–Crippen MR) is 123 cm³/mol. The van der Waals surface area contributed by atoms with Crippen molar-refractivity contribution in [3.05, 3.63) is 95.0 Å². The quantitative estimate of drug-likeness (QED) is 0.346. The van der Waals surface area contributed by atoms with Gasteiger partial charge in [-0.05, 0) is 68.7 Å². The van der Waals surface area contributed by atoms with Gasteiger partial charge in [0, 0.05) is 23.7 Å². The van der Waals surface area contributed by atoms with E-state index in [0.29, 0.717) is 0 Å². The molecule has 4 aromatic rings. The monoisotopic (exact) mass is 381 g/mol. The molecule has 1 aromatic heterocycles. The Hall–Kier alpha value is -2.87. The lowest BCUT2D eigenvalue weighted by atomic mass is 9.92. The Morgan fingerprint density at radius 1 is 0.897 bits per heavy atom. The molecule has 0 aliphatic rings. The molecule has 0 fully saturated rings. The molecule has 0 saturated heterocycles. The van der Waals surface area contributed by atoms with Crippen LogP contribution in [0.2, 0.25) is 0 Å². The molecule has 0 N–H and O–H groups in total. The zero-order chi connectivity index (χ0) is 20.4. The van der Waals surface area contributed by atoms with E-state index in [-0.39, 0.29) is 0 Å². The van der Waals surface area contributed by atoms with Crippen LogP contribution in [0.15, 0.2) is 60.7 Å². The van der Waals surface area contributed by atoms with Crippen molar-refractivity contribution in [2.24, 2.45) is 7.05 Å². The molecule has 0 bridgehead atoms. The molecule has 0 spiro atoms. The third-order valence-corrected chi connectivity index (χ3v) is 5.74. The molecule has 1 radical (unpaired) electrons. The molecule has 0 unspecified atom stereocenters. The molecule has 1 heterocycles. The van der Waals surface area contributed by atoms with Crippen LogP contribution in [0.3, 0.4) is 0 Å². The van der Waals surface area contributed by atoms with E-state index in [4.69, 9.17) is 5.10 Å². The highest BCUT2D eigenvalue weighted by atomic mass is 15.3. The normalized spacial score (nSPS) is 11.3. The minimum absolute atomic E-state index is 1.01. The van der Waals surface area contributed by atoms with Gasteiger partial charge in [-0.3, -0.25) is 4.68 Å². The van der Waals surface area contributed by atoms with Gasteiger partial charge in [0.1, 0.15) is 5.52 Å². The SMILES string of the molecule is Cc1cc(C)c(-c2cccc3c(CC[CH]Cc4ccccc4)n(C)nc23)c(C)c1. The fraction of sp³-hybridized carbons (Fsp3) is 0.259. The van der Waals surface area contributed by atoms with Crippen LogP contribution in [0.25, 0.3) is 22.0 Å². The van der Waals surface area contributed by atoms with Crippen molar-refractivity contribution in [3.63, 3.8) is 0 Å². The zero-order valence-corrected chi connectivity index (χ0v) is 17.9. The highest BCUT2D eigenvalue weighted by molar-refractivity contribution is 5.96. The van der Waals surface area contributed by atoms with Gasteiger partial charge in [-0.15, -0.1) is 0 Å². The predicted octanol–water partition coefficient (Wildman–Crippen LogP) is 6.55. The fourth-order valence-corrected chi connectivity index (χ4v) is 4.49. The molecule has 0 atom stereocenters. The summed E-state index contributed by atoms with van der Waals surface area (Å²) >= 11 is 0. The second-order valence-corrected chi connectivity index (χ2v) is 8.06. The number of rotatable bonds is 6. The Balaban J connectivity index is 1.61. The Kier molecular flexibility index (Phi) is 5.53. The molecule has 0 saturated carbocycles. The fourth-order valence-electron chi connectivity index (χ4n) is 4.49. The van der Waals surface area contributed by atoms with Crippen molar-refractivity contribution in [1.82, 2.24) is 9.78 Å². The van der Waals surface area contributed by atoms with Crippen molar-refractivity contribution in [2.75, 3.05) is 0 Å². The molecule has 0 aliphatic heterocycles. The molecule has 29 heavy (non-hydrogen) atoms. The number of hydrogen-bond donors (Lipinski definition) is 0. The third-order valence-electron chi connectivity index (χ3n) is 5.74. The lowest BCUT2D eigenvalue weighted by Gasteiger charge is -2.12. The van der Waals surface area contributed by atoms with Crippen molar-refractivity contribution in [3.8, 4) is 11.1 Å². The summed E-state index contributed by atoms with van der Waals surface area (Å²) in [5.74, 6) is 0. The summed E-state index contributed by atoms with van der Waals surface area (Å²) in [5.41, 5.74) is 10.3. The first kappa shape index (κ1) is 19.4. The van der Waals surface area contributed by atoms with Crippen LogP contribution in [0.5, 0.6) is 0 Å². The summed E-state index contributed by atoms with van der Waals surface area (Å²) in [7, 11) is 2.07. The maximum atomic E-state index is 4.93. The van der Waals surface area contributed by atoms with Crippen molar-refractivity contribution in [1.29, 1.82) is 0 Å². The van der Waals surface area contributed by atoms with E-state index in [1.165, 1.54) is 44.5 Å². The van der Waals surface area contributed by atoms with E-state index in [2.05, 4.69) is 99.6 Å². The lowest BCUT2D eigenvalue weighted by Crippen LogP contribution is -1.99. The van der Waals surface area contributed by atoms with E-state index in [0.717, 1.165) is 24.8 Å². The van der Waals surface area contributed by atoms with E-state index in [1.54, 1.807) is 0 Å². The molecule has 2 heteroatoms. The summed E-state index contributed by atoms with van der Waals surface area (Å²) in [5, 5.41) is 6.21. The van der Waals surface area contributed by atoms with Gasteiger partial charge in [-0.25, -0.2) is 0 Å². The molecule has 147 valence electrons. The maximum absolute atomic E-state index is 4.93. The van der Waals surface area contributed by atoms with Gasteiger partial charge in [-0.2, -0.15) is 5.10 Å². The molecular formula is C27H29N2. The average molecular weight is 382 g/mol. The first-order valence-electron chi connectivity index (χ1n) is 10.4. The Morgan fingerprint density at radius 3 is 2.34 bits per heavy atom. The molecular weight excluding hydrogens is 352 g/mol. The van der Waals surface area contributed by atoms with E-state index in [9.17, 15) is 0 Å². The first-order chi connectivity index (χ1) is 14.0. The van der Waals surface area contributed by atoms with E-state index < -0.39 is 0 Å². The van der Waals surface area contributed by atoms with E-state index in [1.807, 2.05) is 0 Å². The Labute approximate surface area is 174 Å². The van der Waals surface area contributed by atoms with Crippen LogP contribution >= 0.6 is 0 Å². The second-order valence-electron chi connectivity index (χ2n) is 8.06. The van der Waals surface area contributed by atoms with Gasteiger partial charge < -0.3 is 0 Å². The molecule has 3 aromatic carbocycles. The number of benzene rings is 3. The largest absolute Gasteiger partial charge is 0.271 e. The van der Waals surface area contributed by atoms with Gasteiger partial charge >= 0.3 is 0 Å². The van der Waals surface area contributed by atoms with Gasteiger partial charge in [0.05, 0.1) is 0 Å². The Morgan fingerprint density at radius 2 is 1.62 bits per heavy atom. The van der Waals surface area contributed by atoms with Gasteiger partial charge in [0.2, 0.25) is 0 Å². The van der Waals surface area contributed by atoms with Gasteiger partial charge in [0.25, 0.3) is 0 Å². The van der Waals surface area contributed by atoms with Crippen molar-refractivity contribution < 1.29 is 0 Å². The van der Waals surface area contributed by atoms with Crippen LogP contribution in [-0.2, 0) is 19.9 Å². The number of aromatic nitrogens is 2. The number of hydrogen-bond acceptors (Lipinski definition) is 1. The van der Waals surface area contributed by atoms with Crippen LogP contribution in [0.1, 0.15) is 34.4 Å². The van der Waals surface area contributed by atoms with Crippen LogP contribution in [0.4, 0.5) is 0 Å². The van der Waals surface area contributed by atoms with Crippen LogP contribution in [0, 0.1) is 27.2 Å². The summed E-state index contributed by atoms with van der Waals surface area (Å²) in [6.07, 6.45) is 5.46. The van der Waals surface area contributed by atoms with Gasteiger partial charge in [0.15, 0.2) is 0 Å². The van der Waals surface area contributed by atoms with Crippen LogP contribution < -0.4 is 0 Å². The van der Waals surface area contributed by atoms with Crippen molar-refractivity contribution in [2.45, 2.75) is 40.0 Å². The lowest BCUT2D eigenvalue weighted by molar-refractivity contribution is 0.706. The standard InChI is InChI=1S/C27H29N2/c1-19-17-20(2)26(21(3)18-19)24-15-10-14-23-25(29(4)28-27(23)24)16-9-8-13-22-11-6-5-7-12-22/h5-8,10-12,14-15,17-18H,9,13,16H2,1-4H3. The smallest absolute Gasteiger partial charge is 0.100 e. The van der Waals surface area contributed by atoms with Crippen LogP contribution in [-0.4, -0.2) is 9.78 Å². The summed E-state index contributed by atoms with van der Waals surface area (Å²) in [4.78, 5) is 0. The maximum Gasteiger partial charge on any atom is 0.100 e. The number of fused-ring (bicyclic) bond motifs is 1. The topological polar surface area (TPSA) is 17.8 Å². The minimum atomic E-state index is 1.01. The zero-order valence-electron chi connectivity index (χ0n) is 17.9. The van der Waals surface area contributed by atoms with E-state index >= 15 is 0 Å². The first-order valence-corrected chi connectivity index (χ1v) is 10.4. The minimum Gasteiger partial charge on any atom is -0.271 e. The number of aryl methyl sites for hydroxylation is 5.